The SMILES string of the molecule is O=S(=O)(NCc1cccc(F)c1)N1CC1. The van der Waals surface area contributed by atoms with Crippen molar-refractivity contribution in [2.24, 2.45) is 0 Å². The number of benzene rings is 1. The number of hydrogen-bond acceptors (Lipinski definition) is 2. The van der Waals surface area contributed by atoms with Crippen LogP contribution in [0.5, 0.6) is 0 Å². The van der Waals surface area contributed by atoms with E-state index in [2.05, 4.69) is 4.72 Å². The minimum Gasteiger partial charge on any atom is -0.207 e. The van der Waals surface area contributed by atoms with Gasteiger partial charge in [-0.2, -0.15) is 17.4 Å². The van der Waals surface area contributed by atoms with Crippen LogP contribution < -0.4 is 4.72 Å². The van der Waals surface area contributed by atoms with Gasteiger partial charge in [-0.1, -0.05) is 12.1 Å². The fourth-order valence-electron chi connectivity index (χ4n) is 1.19. The molecule has 2 rings (SSSR count). The fraction of sp³-hybridized carbons (Fsp3) is 0.333. The van der Waals surface area contributed by atoms with E-state index in [0.29, 0.717) is 18.7 Å². The van der Waals surface area contributed by atoms with E-state index in [0.717, 1.165) is 0 Å². The maximum absolute atomic E-state index is 12.8. The lowest BCUT2D eigenvalue weighted by molar-refractivity contribution is 0.546. The highest BCUT2D eigenvalue weighted by Crippen LogP contribution is 2.10. The first kappa shape index (κ1) is 10.5. The molecule has 1 aliphatic rings. The second-order valence-corrected chi connectivity index (χ2v) is 5.11. The lowest BCUT2D eigenvalue weighted by atomic mass is 10.2. The zero-order valence-corrected chi connectivity index (χ0v) is 8.80. The van der Waals surface area contributed by atoms with Crippen LogP contribution in [0.2, 0.25) is 0 Å². The zero-order valence-electron chi connectivity index (χ0n) is 7.98. The Bertz CT molecular complexity index is 457. The van der Waals surface area contributed by atoms with E-state index >= 15 is 0 Å². The first-order chi connectivity index (χ1) is 7.08. The van der Waals surface area contributed by atoms with Gasteiger partial charge in [0.05, 0.1) is 0 Å². The van der Waals surface area contributed by atoms with Crippen LogP contribution in [-0.4, -0.2) is 25.8 Å². The van der Waals surface area contributed by atoms with Gasteiger partial charge in [-0.3, -0.25) is 0 Å². The summed E-state index contributed by atoms with van der Waals surface area (Å²) in [6.45, 7) is 1.26. The molecule has 1 aliphatic heterocycles. The van der Waals surface area contributed by atoms with Gasteiger partial charge in [-0.15, -0.1) is 0 Å². The second kappa shape index (κ2) is 3.88. The molecule has 1 fully saturated rings. The van der Waals surface area contributed by atoms with Gasteiger partial charge in [0.2, 0.25) is 0 Å². The van der Waals surface area contributed by atoms with E-state index in [-0.39, 0.29) is 12.4 Å². The molecule has 1 aromatic rings. The topological polar surface area (TPSA) is 49.2 Å². The molecule has 0 radical (unpaired) electrons. The first-order valence-corrected chi connectivity index (χ1v) is 6.01. The highest BCUT2D eigenvalue weighted by atomic mass is 32.2. The van der Waals surface area contributed by atoms with Crippen molar-refractivity contribution in [2.75, 3.05) is 13.1 Å². The van der Waals surface area contributed by atoms with Crippen molar-refractivity contribution in [2.45, 2.75) is 6.54 Å². The Morgan fingerprint density at radius 3 is 2.73 bits per heavy atom. The average Bonchev–Trinajstić information content (AvgIpc) is 2.98. The Kier molecular flexibility index (Phi) is 2.72. The highest BCUT2D eigenvalue weighted by Gasteiger charge is 2.31. The monoisotopic (exact) mass is 230 g/mol. The summed E-state index contributed by atoms with van der Waals surface area (Å²) in [5.41, 5.74) is 0.612. The summed E-state index contributed by atoms with van der Waals surface area (Å²) >= 11 is 0. The Balaban J connectivity index is 1.98. The van der Waals surface area contributed by atoms with Crippen molar-refractivity contribution in [1.82, 2.24) is 9.03 Å². The van der Waals surface area contributed by atoms with E-state index in [1.54, 1.807) is 12.1 Å². The quantitative estimate of drug-likeness (QED) is 0.765. The average molecular weight is 230 g/mol. The van der Waals surface area contributed by atoms with Crippen molar-refractivity contribution in [3.63, 3.8) is 0 Å². The van der Waals surface area contributed by atoms with Crippen molar-refractivity contribution < 1.29 is 12.8 Å². The molecule has 0 atom stereocenters. The highest BCUT2D eigenvalue weighted by molar-refractivity contribution is 7.87. The van der Waals surface area contributed by atoms with Crippen LogP contribution in [0.1, 0.15) is 5.56 Å². The summed E-state index contributed by atoms with van der Waals surface area (Å²) in [6.07, 6.45) is 0. The molecular weight excluding hydrogens is 219 g/mol. The van der Waals surface area contributed by atoms with E-state index < -0.39 is 10.2 Å². The van der Waals surface area contributed by atoms with Crippen molar-refractivity contribution in [3.8, 4) is 0 Å². The molecule has 0 unspecified atom stereocenters. The van der Waals surface area contributed by atoms with E-state index in [1.165, 1.54) is 16.4 Å². The zero-order chi connectivity index (χ0) is 10.9. The molecule has 4 nitrogen and oxygen atoms in total. The van der Waals surface area contributed by atoms with Gasteiger partial charge in [-0.05, 0) is 17.7 Å². The van der Waals surface area contributed by atoms with E-state index in [1.807, 2.05) is 0 Å². The fourth-order valence-corrected chi connectivity index (χ4v) is 2.29. The number of nitrogens with zero attached hydrogens (tertiary/aromatic N) is 1. The molecule has 0 amide bonds. The number of rotatable bonds is 4. The lowest BCUT2D eigenvalue weighted by Gasteiger charge is -2.06. The first-order valence-electron chi connectivity index (χ1n) is 4.57. The summed E-state index contributed by atoms with van der Waals surface area (Å²) in [5.74, 6) is -0.363. The summed E-state index contributed by atoms with van der Waals surface area (Å²) in [5, 5.41) is 0. The van der Waals surface area contributed by atoms with Gasteiger partial charge in [0.1, 0.15) is 5.82 Å². The van der Waals surface area contributed by atoms with Crippen LogP contribution in [0.4, 0.5) is 4.39 Å². The van der Waals surface area contributed by atoms with Gasteiger partial charge in [0, 0.05) is 19.6 Å². The van der Waals surface area contributed by atoms with E-state index in [4.69, 9.17) is 0 Å². The van der Waals surface area contributed by atoms with Crippen LogP contribution in [0.25, 0.3) is 0 Å². The van der Waals surface area contributed by atoms with Gasteiger partial charge in [0.15, 0.2) is 0 Å². The maximum Gasteiger partial charge on any atom is 0.279 e. The number of hydrogen-bond donors (Lipinski definition) is 1. The molecule has 0 spiro atoms. The number of nitrogens with one attached hydrogen (secondary N) is 1. The molecule has 0 aliphatic carbocycles. The molecular formula is C9H11FN2O2S. The molecule has 1 saturated heterocycles. The smallest absolute Gasteiger partial charge is 0.207 e. The summed E-state index contributed by atoms with van der Waals surface area (Å²) in [7, 11) is -3.34. The van der Waals surface area contributed by atoms with Gasteiger partial charge < -0.3 is 0 Å². The Labute approximate surface area is 87.9 Å². The maximum atomic E-state index is 12.8. The van der Waals surface area contributed by atoms with Crippen molar-refractivity contribution in [3.05, 3.63) is 35.6 Å². The van der Waals surface area contributed by atoms with Crippen LogP contribution in [-0.2, 0) is 16.8 Å². The summed E-state index contributed by atoms with van der Waals surface area (Å²) < 4.78 is 39.2. The van der Waals surface area contributed by atoms with E-state index in [9.17, 15) is 12.8 Å². The molecule has 0 aromatic heterocycles. The molecule has 82 valence electrons. The third kappa shape index (κ3) is 2.74. The summed E-state index contributed by atoms with van der Waals surface area (Å²) in [4.78, 5) is 0. The third-order valence-corrected chi connectivity index (χ3v) is 3.65. The minimum absolute atomic E-state index is 0.122. The number of halogens is 1. The molecule has 0 bridgehead atoms. The third-order valence-electron chi connectivity index (χ3n) is 2.09. The normalized spacial score (nSPS) is 16.6. The minimum atomic E-state index is -3.34. The second-order valence-electron chi connectivity index (χ2n) is 3.36. The summed E-state index contributed by atoms with van der Waals surface area (Å²) in [6, 6.07) is 5.86. The lowest BCUT2D eigenvalue weighted by Crippen LogP contribution is -2.29. The Hall–Kier alpha value is -0.980. The van der Waals surface area contributed by atoms with Gasteiger partial charge >= 0.3 is 0 Å². The molecule has 1 heterocycles. The van der Waals surface area contributed by atoms with Gasteiger partial charge in [0.25, 0.3) is 10.2 Å². The predicted octanol–water partition coefficient (Wildman–Crippen LogP) is 0.476. The largest absolute Gasteiger partial charge is 0.279 e. The van der Waals surface area contributed by atoms with Crippen LogP contribution >= 0.6 is 0 Å². The standard InChI is InChI=1S/C9H11FN2O2S/c10-9-3-1-2-8(6-9)7-11-15(13,14)12-4-5-12/h1-3,6,11H,4-5,7H2. The van der Waals surface area contributed by atoms with Crippen molar-refractivity contribution >= 4 is 10.2 Å². The van der Waals surface area contributed by atoms with Crippen LogP contribution in [0.15, 0.2) is 24.3 Å². The molecule has 6 heteroatoms. The van der Waals surface area contributed by atoms with Crippen LogP contribution in [0, 0.1) is 5.82 Å². The Morgan fingerprint density at radius 1 is 1.40 bits per heavy atom. The van der Waals surface area contributed by atoms with Crippen molar-refractivity contribution in [1.29, 1.82) is 0 Å². The predicted molar refractivity (Wildman–Crippen MR) is 53.7 cm³/mol. The van der Waals surface area contributed by atoms with Crippen LogP contribution in [0.3, 0.4) is 0 Å². The molecule has 1 N–H and O–H groups in total. The Morgan fingerprint density at radius 2 is 2.13 bits per heavy atom. The molecule has 15 heavy (non-hydrogen) atoms. The molecule has 0 saturated carbocycles. The molecule has 1 aromatic carbocycles. The van der Waals surface area contributed by atoms with Gasteiger partial charge in [-0.25, -0.2) is 4.39 Å².